The largest absolute Gasteiger partial charge is 0.489 e. The Morgan fingerprint density at radius 3 is 2.56 bits per heavy atom. The SMILES string of the molecule is CCC(C)C(NC(=O)/C=C/c1cccc(OCc2ccccc2)c1)C(=O)O. The molecule has 0 bridgehead atoms. The summed E-state index contributed by atoms with van der Waals surface area (Å²) in [5.41, 5.74) is 1.87. The van der Waals surface area contributed by atoms with E-state index >= 15 is 0 Å². The van der Waals surface area contributed by atoms with E-state index in [0.717, 1.165) is 11.1 Å². The quantitative estimate of drug-likeness (QED) is 0.659. The summed E-state index contributed by atoms with van der Waals surface area (Å²) >= 11 is 0. The minimum absolute atomic E-state index is 0.144. The Balaban J connectivity index is 1.96. The maximum atomic E-state index is 12.1. The van der Waals surface area contributed by atoms with Gasteiger partial charge >= 0.3 is 5.97 Å². The summed E-state index contributed by atoms with van der Waals surface area (Å²) in [5, 5.41) is 11.8. The normalized spacial score (nSPS) is 13.1. The van der Waals surface area contributed by atoms with Crippen molar-refractivity contribution in [3.63, 3.8) is 0 Å². The molecule has 2 aromatic carbocycles. The first-order valence-electron chi connectivity index (χ1n) is 8.97. The molecule has 0 saturated heterocycles. The molecule has 1 amide bonds. The molecule has 0 aliphatic heterocycles. The Bertz CT molecular complexity index is 786. The van der Waals surface area contributed by atoms with Crippen molar-refractivity contribution in [2.45, 2.75) is 32.9 Å². The molecule has 2 N–H and O–H groups in total. The van der Waals surface area contributed by atoms with E-state index in [-0.39, 0.29) is 5.92 Å². The highest BCUT2D eigenvalue weighted by atomic mass is 16.5. The third-order valence-electron chi connectivity index (χ3n) is 4.31. The van der Waals surface area contributed by atoms with Crippen molar-refractivity contribution in [2.75, 3.05) is 0 Å². The molecule has 27 heavy (non-hydrogen) atoms. The number of benzene rings is 2. The summed E-state index contributed by atoms with van der Waals surface area (Å²) < 4.78 is 5.77. The van der Waals surface area contributed by atoms with Gasteiger partial charge in [-0.1, -0.05) is 62.7 Å². The number of aliphatic carboxylic acids is 1. The lowest BCUT2D eigenvalue weighted by Crippen LogP contribution is -2.44. The highest BCUT2D eigenvalue weighted by molar-refractivity contribution is 5.94. The Morgan fingerprint density at radius 2 is 1.89 bits per heavy atom. The maximum Gasteiger partial charge on any atom is 0.326 e. The van der Waals surface area contributed by atoms with Crippen LogP contribution in [0.2, 0.25) is 0 Å². The van der Waals surface area contributed by atoms with Gasteiger partial charge in [-0.3, -0.25) is 4.79 Å². The number of rotatable bonds is 9. The molecule has 2 atom stereocenters. The Morgan fingerprint density at radius 1 is 1.15 bits per heavy atom. The molecule has 5 nitrogen and oxygen atoms in total. The summed E-state index contributed by atoms with van der Waals surface area (Å²) in [7, 11) is 0. The van der Waals surface area contributed by atoms with Gasteiger partial charge in [0.25, 0.3) is 0 Å². The van der Waals surface area contributed by atoms with Gasteiger partial charge in [0.05, 0.1) is 0 Å². The average Bonchev–Trinajstić information content (AvgIpc) is 2.69. The molecular weight excluding hydrogens is 342 g/mol. The third kappa shape index (κ3) is 6.62. The Hall–Kier alpha value is -3.08. The smallest absolute Gasteiger partial charge is 0.326 e. The lowest BCUT2D eigenvalue weighted by molar-refractivity contribution is -0.142. The second-order valence-corrected chi connectivity index (χ2v) is 6.39. The van der Waals surface area contributed by atoms with Crippen LogP contribution in [0.1, 0.15) is 31.4 Å². The van der Waals surface area contributed by atoms with Crippen molar-refractivity contribution >= 4 is 18.0 Å². The van der Waals surface area contributed by atoms with Crippen molar-refractivity contribution in [3.8, 4) is 5.75 Å². The van der Waals surface area contributed by atoms with Crippen LogP contribution >= 0.6 is 0 Å². The van der Waals surface area contributed by atoms with Crippen LogP contribution in [0, 0.1) is 5.92 Å². The third-order valence-corrected chi connectivity index (χ3v) is 4.31. The molecule has 2 aromatic rings. The fourth-order valence-corrected chi connectivity index (χ4v) is 2.51. The number of nitrogens with one attached hydrogen (secondary N) is 1. The van der Waals surface area contributed by atoms with Gasteiger partial charge in [0.2, 0.25) is 5.91 Å². The van der Waals surface area contributed by atoms with Crippen LogP contribution in [0.5, 0.6) is 5.75 Å². The van der Waals surface area contributed by atoms with E-state index < -0.39 is 17.9 Å². The van der Waals surface area contributed by atoms with Crippen LogP contribution in [-0.2, 0) is 16.2 Å². The van der Waals surface area contributed by atoms with Crippen LogP contribution in [0.15, 0.2) is 60.7 Å². The van der Waals surface area contributed by atoms with Gasteiger partial charge in [-0.25, -0.2) is 4.79 Å². The molecule has 0 radical (unpaired) electrons. The molecule has 0 heterocycles. The fraction of sp³-hybridized carbons (Fsp3) is 0.273. The lowest BCUT2D eigenvalue weighted by Gasteiger charge is -2.19. The standard InChI is InChI=1S/C22H25NO4/c1-3-16(2)21(22(25)26)23-20(24)13-12-17-10-7-11-19(14-17)27-15-18-8-5-4-6-9-18/h4-14,16,21H,3,15H2,1-2H3,(H,23,24)(H,25,26)/b13-12+. The molecule has 0 aliphatic carbocycles. The molecule has 2 unspecified atom stereocenters. The summed E-state index contributed by atoms with van der Waals surface area (Å²) in [6, 6.07) is 16.3. The number of ether oxygens (including phenoxy) is 1. The van der Waals surface area contributed by atoms with E-state index in [4.69, 9.17) is 4.74 Å². The number of hydrogen-bond donors (Lipinski definition) is 2. The van der Waals surface area contributed by atoms with Crippen molar-refractivity contribution in [1.29, 1.82) is 0 Å². The van der Waals surface area contributed by atoms with Crippen molar-refractivity contribution in [1.82, 2.24) is 5.32 Å². The minimum atomic E-state index is -1.03. The predicted molar refractivity (Wildman–Crippen MR) is 105 cm³/mol. The van der Waals surface area contributed by atoms with Crippen molar-refractivity contribution < 1.29 is 19.4 Å². The van der Waals surface area contributed by atoms with Gasteiger partial charge in [0.15, 0.2) is 0 Å². The molecule has 2 rings (SSSR count). The van der Waals surface area contributed by atoms with Gasteiger partial charge in [-0.05, 0) is 35.3 Å². The highest BCUT2D eigenvalue weighted by Crippen LogP contribution is 2.16. The van der Waals surface area contributed by atoms with Crippen LogP contribution in [-0.4, -0.2) is 23.0 Å². The first kappa shape index (κ1) is 20.2. The van der Waals surface area contributed by atoms with E-state index in [1.165, 1.54) is 6.08 Å². The number of amides is 1. The Kier molecular flexibility index (Phi) is 7.62. The predicted octanol–water partition coefficient (Wildman–Crippen LogP) is 3.89. The molecule has 142 valence electrons. The zero-order valence-corrected chi connectivity index (χ0v) is 15.6. The summed E-state index contributed by atoms with van der Waals surface area (Å²) in [4.78, 5) is 23.3. The number of hydrogen-bond acceptors (Lipinski definition) is 3. The molecule has 0 fully saturated rings. The number of carbonyl (C=O) groups excluding carboxylic acids is 1. The lowest BCUT2D eigenvalue weighted by atomic mass is 9.99. The molecule has 0 aromatic heterocycles. The molecule has 0 spiro atoms. The zero-order valence-electron chi connectivity index (χ0n) is 15.6. The van der Waals surface area contributed by atoms with Gasteiger partial charge in [-0.2, -0.15) is 0 Å². The topological polar surface area (TPSA) is 75.6 Å². The number of carboxylic acids is 1. The van der Waals surface area contributed by atoms with Crippen molar-refractivity contribution in [3.05, 3.63) is 71.8 Å². The zero-order chi connectivity index (χ0) is 19.6. The maximum absolute atomic E-state index is 12.1. The molecule has 0 aliphatic rings. The van der Waals surface area contributed by atoms with E-state index in [1.807, 2.05) is 61.5 Å². The van der Waals surface area contributed by atoms with Crippen LogP contribution in [0.4, 0.5) is 0 Å². The van der Waals surface area contributed by atoms with E-state index in [9.17, 15) is 14.7 Å². The van der Waals surface area contributed by atoms with Crippen LogP contribution < -0.4 is 10.1 Å². The van der Waals surface area contributed by atoms with E-state index in [1.54, 1.807) is 13.0 Å². The van der Waals surface area contributed by atoms with Crippen LogP contribution in [0.25, 0.3) is 6.08 Å². The van der Waals surface area contributed by atoms with Gasteiger partial charge in [0.1, 0.15) is 18.4 Å². The first-order valence-corrected chi connectivity index (χ1v) is 8.97. The second kappa shape index (κ2) is 10.2. The minimum Gasteiger partial charge on any atom is -0.489 e. The van der Waals surface area contributed by atoms with Crippen LogP contribution in [0.3, 0.4) is 0 Å². The second-order valence-electron chi connectivity index (χ2n) is 6.39. The average molecular weight is 367 g/mol. The fourth-order valence-electron chi connectivity index (χ4n) is 2.51. The van der Waals surface area contributed by atoms with E-state index in [0.29, 0.717) is 18.8 Å². The summed E-state index contributed by atoms with van der Waals surface area (Å²) in [6.45, 7) is 4.16. The van der Waals surface area contributed by atoms with Gasteiger partial charge in [0, 0.05) is 6.08 Å². The molecule has 0 saturated carbocycles. The molecular formula is C22H25NO4. The molecule has 5 heteroatoms. The van der Waals surface area contributed by atoms with Crippen molar-refractivity contribution in [2.24, 2.45) is 5.92 Å². The summed E-state index contributed by atoms with van der Waals surface area (Å²) in [5.74, 6) is -0.903. The number of carbonyl (C=O) groups is 2. The van der Waals surface area contributed by atoms with Gasteiger partial charge < -0.3 is 15.2 Å². The van der Waals surface area contributed by atoms with Gasteiger partial charge in [-0.15, -0.1) is 0 Å². The van der Waals surface area contributed by atoms with E-state index in [2.05, 4.69) is 5.32 Å². The number of carboxylic acid groups (broad SMARTS) is 1. The first-order chi connectivity index (χ1) is 13.0. The monoisotopic (exact) mass is 367 g/mol. The highest BCUT2D eigenvalue weighted by Gasteiger charge is 2.24. The Labute approximate surface area is 159 Å². The summed E-state index contributed by atoms with van der Waals surface area (Å²) in [6.07, 6.45) is 3.65.